The van der Waals surface area contributed by atoms with Crippen molar-refractivity contribution in [1.29, 1.82) is 0 Å². The molecule has 0 saturated carbocycles. The molecular formula is C10H21N5. The molecule has 0 unspecified atom stereocenters. The van der Waals surface area contributed by atoms with Crippen molar-refractivity contribution in [2.45, 2.75) is 19.4 Å². The molecule has 1 heterocycles. The molecule has 5 nitrogen and oxygen atoms in total. The van der Waals surface area contributed by atoms with Crippen molar-refractivity contribution in [3.8, 4) is 0 Å². The van der Waals surface area contributed by atoms with Gasteiger partial charge in [-0.2, -0.15) is 0 Å². The number of nitrogens with one attached hydrogen (secondary N) is 1. The summed E-state index contributed by atoms with van der Waals surface area (Å²) in [6, 6.07) is 0. The summed E-state index contributed by atoms with van der Waals surface area (Å²) >= 11 is 0. The van der Waals surface area contributed by atoms with Crippen molar-refractivity contribution in [1.82, 2.24) is 25.2 Å². The van der Waals surface area contributed by atoms with Gasteiger partial charge in [0.1, 0.15) is 0 Å². The molecule has 0 aromatic carbocycles. The molecule has 0 saturated heterocycles. The Morgan fingerprint density at radius 3 is 2.80 bits per heavy atom. The molecule has 0 atom stereocenters. The lowest BCUT2D eigenvalue weighted by atomic mass is 10.3. The lowest BCUT2D eigenvalue weighted by Crippen LogP contribution is -2.18. The second-order valence-electron chi connectivity index (χ2n) is 4.07. The van der Waals surface area contributed by atoms with Crippen LogP contribution >= 0.6 is 0 Å². The fourth-order valence-corrected chi connectivity index (χ4v) is 1.37. The Balaban J connectivity index is 1.98. The van der Waals surface area contributed by atoms with Gasteiger partial charge in [-0.05, 0) is 40.0 Å². The van der Waals surface area contributed by atoms with E-state index in [1.807, 2.05) is 13.2 Å². The van der Waals surface area contributed by atoms with Crippen LogP contribution in [-0.2, 0) is 13.6 Å². The number of nitrogens with zero attached hydrogens (tertiary/aromatic N) is 4. The second-order valence-corrected chi connectivity index (χ2v) is 4.07. The number of hydrogen-bond donors (Lipinski definition) is 1. The number of aryl methyl sites for hydroxylation is 1. The summed E-state index contributed by atoms with van der Waals surface area (Å²) < 4.78 is 1.73. The molecule has 0 amide bonds. The van der Waals surface area contributed by atoms with Gasteiger partial charge < -0.3 is 10.2 Å². The van der Waals surface area contributed by atoms with Crippen LogP contribution in [0.1, 0.15) is 18.5 Å². The van der Waals surface area contributed by atoms with E-state index in [1.54, 1.807) is 4.68 Å². The summed E-state index contributed by atoms with van der Waals surface area (Å²) in [5, 5.41) is 11.2. The van der Waals surface area contributed by atoms with E-state index in [-0.39, 0.29) is 0 Å². The molecule has 1 aromatic heterocycles. The predicted molar refractivity (Wildman–Crippen MR) is 60.5 cm³/mol. The van der Waals surface area contributed by atoms with Crippen LogP contribution in [0.4, 0.5) is 0 Å². The van der Waals surface area contributed by atoms with Crippen LogP contribution in [0.3, 0.4) is 0 Å². The van der Waals surface area contributed by atoms with Gasteiger partial charge in [0.2, 0.25) is 0 Å². The van der Waals surface area contributed by atoms with Crippen molar-refractivity contribution >= 4 is 0 Å². The lowest BCUT2D eigenvalue weighted by Gasteiger charge is -2.08. The van der Waals surface area contributed by atoms with Gasteiger partial charge in [0.15, 0.2) is 0 Å². The van der Waals surface area contributed by atoms with E-state index in [0.717, 1.165) is 25.3 Å². The number of hydrogen-bond acceptors (Lipinski definition) is 4. The number of unbranched alkanes of at least 4 members (excludes halogenated alkanes) is 1. The smallest absolute Gasteiger partial charge is 0.0964 e. The molecule has 0 aliphatic heterocycles. The summed E-state index contributed by atoms with van der Waals surface area (Å²) in [5.74, 6) is 0. The first-order chi connectivity index (χ1) is 7.18. The molecule has 0 fully saturated rings. The minimum atomic E-state index is 0.815. The molecule has 1 N–H and O–H groups in total. The number of rotatable bonds is 7. The zero-order valence-electron chi connectivity index (χ0n) is 9.90. The monoisotopic (exact) mass is 211 g/mol. The molecule has 5 heteroatoms. The van der Waals surface area contributed by atoms with Gasteiger partial charge in [-0.3, -0.25) is 4.68 Å². The molecule has 86 valence electrons. The largest absolute Gasteiger partial charge is 0.311 e. The average molecular weight is 211 g/mol. The summed E-state index contributed by atoms with van der Waals surface area (Å²) in [4.78, 5) is 2.21. The Labute approximate surface area is 91.5 Å². The Hall–Kier alpha value is -0.940. The second kappa shape index (κ2) is 6.53. The average Bonchev–Trinajstić information content (AvgIpc) is 2.57. The molecule has 0 bridgehead atoms. The standard InChI is InChI=1S/C10H21N5/c1-14(2)7-5-4-6-11-8-10-9-15(3)13-12-10/h9,11H,4-8H2,1-3H3. The first-order valence-electron chi connectivity index (χ1n) is 5.39. The van der Waals surface area contributed by atoms with Crippen LogP contribution in [0.2, 0.25) is 0 Å². The Morgan fingerprint density at radius 1 is 1.40 bits per heavy atom. The van der Waals surface area contributed by atoms with E-state index in [9.17, 15) is 0 Å². The molecule has 0 aliphatic rings. The van der Waals surface area contributed by atoms with Gasteiger partial charge in [-0.1, -0.05) is 5.21 Å². The molecule has 1 rings (SSSR count). The highest BCUT2D eigenvalue weighted by Gasteiger charge is 1.96. The SMILES string of the molecule is CN(C)CCCCNCc1cn(C)nn1. The molecule has 15 heavy (non-hydrogen) atoms. The fraction of sp³-hybridized carbons (Fsp3) is 0.800. The van der Waals surface area contributed by atoms with Crippen molar-refractivity contribution in [2.24, 2.45) is 7.05 Å². The first-order valence-corrected chi connectivity index (χ1v) is 5.39. The lowest BCUT2D eigenvalue weighted by molar-refractivity contribution is 0.391. The summed E-state index contributed by atoms with van der Waals surface area (Å²) in [6.45, 7) is 3.02. The quantitative estimate of drug-likeness (QED) is 0.657. The zero-order chi connectivity index (χ0) is 11.1. The van der Waals surface area contributed by atoms with Crippen LogP contribution in [0, 0.1) is 0 Å². The zero-order valence-corrected chi connectivity index (χ0v) is 9.90. The van der Waals surface area contributed by atoms with Crippen molar-refractivity contribution in [2.75, 3.05) is 27.2 Å². The fourth-order valence-electron chi connectivity index (χ4n) is 1.37. The highest BCUT2D eigenvalue weighted by Crippen LogP contribution is 1.92. The van der Waals surface area contributed by atoms with Crippen LogP contribution in [0.15, 0.2) is 6.20 Å². The molecule has 1 aromatic rings. The maximum absolute atomic E-state index is 4.00. The van der Waals surface area contributed by atoms with Gasteiger partial charge in [0, 0.05) is 19.8 Å². The third kappa shape index (κ3) is 5.49. The third-order valence-corrected chi connectivity index (χ3v) is 2.17. The minimum Gasteiger partial charge on any atom is -0.311 e. The molecular weight excluding hydrogens is 190 g/mol. The molecule has 0 aliphatic carbocycles. The van der Waals surface area contributed by atoms with Crippen molar-refractivity contribution < 1.29 is 0 Å². The maximum Gasteiger partial charge on any atom is 0.0964 e. The van der Waals surface area contributed by atoms with Gasteiger partial charge >= 0.3 is 0 Å². The van der Waals surface area contributed by atoms with E-state index in [0.29, 0.717) is 0 Å². The van der Waals surface area contributed by atoms with Crippen LogP contribution in [-0.4, -0.2) is 47.1 Å². The Bertz CT molecular complexity index is 269. The van der Waals surface area contributed by atoms with Gasteiger partial charge in [-0.25, -0.2) is 0 Å². The van der Waals surface area contributed by atoms with E-state index < -0.39 is 0 Å². The number of aromatic nitrogens is 3. The van der Waals surface area contributed by atoms with Gasteiger partial charge in [0.05, 0.1) is 5.69 Å². The van der Waals surface area contributed by atoms with E-state index in [4.69, 9.17) is 0 Å². The van der Waals surface area contributed by atoms with Crippen LogP contribution in [0.5, 0.6) is 0 Å². The first kappa shape index (κ1) is 12.1. The van der Waals surface area contributed by atoms with Crippen LogP contribution in [0.25, 0.3) is 0 Å². The highest BCUT2D eigenvalue weighted by molar-refractivity contribution is 4.90. The maximum atomic E-state index is 4.00. The van der Waals surface area contributed by atoms with E-state index in [2.05, 4.69) is 34.6 Å². The molecule has 0 radical (unpaired) electrons. The van der Waals surface area contributed by atoms with Crippen molar-refractivity contribution in [3.05, 3.63) is 11.9 Å². The summed E-state index contributed by atoms with van der Waals surface area (Å²) in [6.07, 6.45) is 4.38. The summed E-state index contributed by atoms with van der Waals surface area (Å²) in [5.41, 5.74) is 1.00. The Morgan fingerprint density at radius 2 is 2.20 bits per heavy atom. The van der Waals surface area contributed by atoms with Crippen LogP contribution < -0.4 is 5.32 Å². The van der Waals surface area contributed by atoms with Gasteiger partial charge in [0.25, 0.3) is 0 Å². The normalized spacial score (nSPS) is 11.2. The molecule has 0 spiro atoms. The Kier molecular flexibility index (Phi) is 5.28. The van der Waals surface area contributed by atoms with Crippen molar-refractivity contribution in [3.63, 3.8) is 0 Å². The van der Waals surface area contributed by atoms with E-state index >= 15 is 0 Å². The van der Waals surface area contributed by atoms with E-state index in [1.165, 1.54) is 12.8 Å². The highest BCUT2D eigenvalue weighted by atomic mass is 15.4. The minimum absolute atomic E-state index is 0.815. The topological polar surface area (TPSA) is 46.0 Å². The predicted octanol–water partition coefficient (Wildman–Crippen LogP) is 0.246. The van der Waals surface area contributed by atoms with Gasteiger partial charge in [-0.15, -0.1) is 5.10 Å². The summed E-state index contributed by atoms with van der Waals surface area (Å²) in [7, 11) is 6.09. The third-order valence-electron chi connectivity index (χ3n) is 2.17.